The number of aromatic nitrogens is 1. The molecule has 0 spiro atoms. The average molecular weight is 590 g/mol. The number of aryl methyl sites for hydroxylation is 1. The topological polar surface area (TPSA) is 141 Å². The van der Waals surface area contributed by atoms with Crippen LogP contribution >= 0.6 is 0 Å². The molecule has 1 aliphatic rings. The zero-order valence-corrected chi connectivity index (χ0v) is 25.6. The van der Waals surface area contributed by atoms with E-state index in [1.807, 2.05) is 82.3 Å². The van der Waals surface area contributed by atoms with Gasteiger partial charge in [-0.2, -0.15) is 0 Å². The maximum absolute atomic E-state index is 14.2. The van der Waals surface area contributed by atoms with Crippen molar-refractivity contribution < 1.29 is 23.9 Å². The Morgan fingerprint density at radius 1 is 0.930 bits per heavy atom. The van der Waals surface area contributed by atoms with Crippen LogP contribution in [-0.2, 0) is 38.6 Å². The molecule has 4 rings (SSSR count). The number of rotatable bonds is 11. The number of fused-ring (bicyclic) bond motifs is 3. The highest BCUT2D eigenvalue weighted by Crippen LogP contribution is 2.35. The molecule has 0 fully saturated rings. The molecule has 4 amide bonds. The largest absolute Gasteiger partial charge is 0.445 e. The number of hydrogen-bond acceptors (Lipinski definition) is 5. The van der Waals surface area contributed by atoms with E-state index in [9.17, 15) is 19.2 Å². The van der Waals surface area contributed by atoms with Crippen molar-refractivity contribution in [2.45, 2.75) is 77.6 Å². The fraction of sp³-hybridized carbons (Fsp3) is 0.455. The second kappa shape index (κ2) is 13.8. The van der Waals surface area contributed by atoms with E-state index in [2.05, 4.69) is 26.3 Å². The van der Waals surface area contributed by atoms with Gasteiger partial charge in [-0.3, -0.25) is 14.4 Å². The lowest BCUT2D eigenvalue weighted by Gasteiger charge is -2.39. The minimum Gasteiger partial charge on any atom is -0.445 e. The van der Waals surface area contributed by atoms with Crippen LogP contribution in [0.4, 0.5) is 4.79 Å². The number of benzene rings is 2. The maximum Gasteiger partial charge on any atom is 0.408 e. The molecule has 1 heterocycles. The van der Waals surface area contributed by atoms with Gasteiger partial charge in [-0.25, -0.2) is 4.79 Å². The van der Waals surface area contributed by atoms with E-state index in [1.54, 1.807) is 0 Å². The molecular formula is C33H43N5O5. The van der Waals surface area contributed by atoms with Crippen molar-refractivity contribution in [3.8, 4) is 0 Å². The summed E-state index contributed by atoms with van der Waals surface area (Å²) >= 11 is 0. The third-order valence-corrected chi connectivity index (χ3v) is 8.44. The van der Waals surface area contributed by atoms with Crippen molar-refractivity contribution in [2.75, 3.05) is 7.05 Å². The molecule has 10 heteroatoms. The lowest BCUT2D eigenvalue weighted by Crippen LogP contribution is -2.67. The van der Waals surface area contributed by atoms with Gasteiger partial charge in [-0.1, -0.05) is 82.6 Å². The zero-order valence-electron chi connectivity index (χ0n) is 25.6. The summed E-state index contributed by atoms with van der Waals surface area (Å²) in [6.45, 7) is 7.57. The van der Waals surface area contributed by atoms with Crippen LogP contribution in [0.1, 0.15) is 57.4 Å². The molecule has 1 aromatic heterocycles. The minimum absolute atomic E-state index is 0.0628. The van der Waals surface area contributed by atoms with Crippen molar-refractivity contribution in [3.63, 3.8) is 0 Å². The van der Waals surface area contributed by atoms with Gasteiger partial charge in [0.05, 0.1) is 0 Å². The summed E-state index contributed by atoms with van der Waals surface area (Å²) in [5.41, 5.74) is 2.41. The van der Waals surface area contributed by atoms with Gasteiger partial charge >= 0.3 is 6.09 Å². The van der Waals surface area contributed by atoms with Crippen LogP contribution in [0.15, 0.2) is 54.6 Å². The minimum atomic E-state index is -1.35. The standard InChI is InChI=1S/C33H43N5O5/c1-6-21(4)28(37-32(42)43-19-22-12-8-7-9-13-22)30(40)38-33(31(41)36-27(20(2)3)29(39)34-5)17-16-26-24(18-33)23-14-10-11-15-25(23)35-26/h7-15,20-21,27-28,35H,6,16-19H2,1-5H3,(H,34,39)(H,36,41)(H,37,42)(H,38,40)/t21-,27-,28-,33+/m0/s1. The van der Waals surface area contributed by atoms with Crippen molar-refractivity contribution in [1.29, 1.82) is 0 Å². The lowest BCUT2D eigenvalue weighted by molar-refractivity contribution is -0.138. The quantitative estimate of drug-likeness (QED) is 0.232. The van der Waals surface area contributed by atoms with Crippen LogP contribution in [0, 0.1) is 11.8 Å². The van der Waals surface area contributed by atoms with Crippen molar-refractivity contribution >= 4 is 34.7 Å². The normalized spacial score (nSPS) is 18.2. The van der Waals surface area contributed by atoms with Crippen LogP contribution in [0.3, 0.4) is 0 Å². The van der Waals surface area contributed by atoms with Crippen molar-refractivity contribution in [2.24, 2.45) is 11.8 Å². The van der Waals surface area contributed by atoms with Gasteiger partial charge in [-0.15, -0.1) is 0 Å². The summed E-state index contributed by atoms with van der Waals surface area (Å²) in [6, 6.07) is 15.4. The molecule has 10 nitrogen and oxygen atoms in total. The average Bonchev–Trinajstić information content (AvgIpc) is 3.38. The van der Waals surface area contributed by atoms with Gasteiger partial charge in [0.25, 0.3) is 0 Å². The molecule has 0 radical (unpaired) electrons. The molecule has 0 bridgehead atoms. The summed E-state index contributed by atoms with van der Waals surface area (Å²) in [6.07, 6.45) is 0.951. The van der Waals surface area contributed by atoms with E-state index in [0.717, 1.165) is 27.7 Å². The molecule has 0 unspecified atom stereocenters. The highest BCUT2D eigenvalue weighted by Gasteiger charge is 2.46. The summed E-state index contributed by atoms with van der Waals surface area (Å²) in [5, 5.41) is 12.3. The number of amides is 4. The Bertz CT molecular complexity index is 1450. The lowest BCUT2D eigenvalue weighted by atomic mass is 9.78. The monoisotopic (exact) mass is 589 g/mol. The molecule has 1 aliphatic carbocycles. The van der Waals surface area contributed by atoms with Crippen LogP contribution < -0.4 is 21.3 Å². The molecule has 0 aliphatic heterocycles. The third kappa shape index (κ3) is 7.18. The number of likely N-dealkylation sites (N-methyl/N-ethyl adjacent to an activating group) is 1. The molecule has 0 saturated heterocycles. The number of carbonyl (C=O) groups excluding carboxylic acids is 4. The van der Waals surface area contributed by atoms with E-state index < -0.39 is 35.5 Å². The van der Waals surface area contributed by atoms with Gasteiger partial charge in [0, 0.05) is 30.1 Å². The number of para-hydroxylation sites is 1. The third-order valence-electron chi connectivity index (χ3n) is 8.44. The fourth-order valence-electron chi connectivity index (χ4n) is 5.63. The number of aromatic amines is 1. The number of H-pyrrole nitrogens is 1. The van der Waals surface area contributed by atoms with Crippen molar-refractivity contribution in [1.82, 2.24) is 26.3 Å². The Hall–Kier alpha value is -4.34. The zero-order chi connectivity index (χ0) is 31.1. The van der Waals surface area contributed by atoms with Gasteiger partial charge in [0.15, 0.2) is 0 Å². The van der Waals surface area contributed by atoms with Crippen LogP contribution in [0.5, 0.6) is 0 Å². The Kier molecular flexibility index (Phi) is 10.1. The molecule has 5 N–H and O–H groups in total. The van der Waals surface area contributed by atoms with Gasteiger partial charge in [0.1, 0.15) is 24.2 Å². The Morgan fingerprint density at radius 2 is 1.63 bits per heavy atom. The summed E-state index contributed by atoms with van der Waals surface area (Å²) in [4.78, 5) is 57.1. The summed E-state index contributed by atoms with van der Waals surface area (Å²) < 4.78 is 5.41. The predicted molar refractivity (Wildman–Crippen MR) is 165 cm³/mol. The molecule has 230 valence electrons. The van der Waals surface area contributed by atoms with E-state index in [-0.39, 0.29) is 30.8 Å². The van der Waals surface area contributed by atoms with Gasteiger partial charge in [0.2, 0.25) is 17.7 Å². The van der Waals surface area contributed by atoms with E-state index in [1.165, 1.54) is 7.05 Å². The summed E-state index contributed by atoms with van der Waals surface area (Å²) in [7, 11) is 1.53. The van der Waals surface area contributed by atoms with E-state index in [0.29, 0.717) is 19.3 Å². The molecule has 4 atom stereocenters. The van der Waals surface area contributed by atoms with Crippen LogP contribution in [0.2, 0.25) is 0 Å². The second-order valence-corrected chi connectivity index (χ2v) is 11.8. The highest BCUT2D eigenvalue weighted by atomic mass is 16.5. The van der Waals surface area contributed by atoms with E-state index >= 15 is 0 Å². The first-order chi connectivity index (χ1) is 20.6. The number of carbonyl (C=O) groups is 4. The number of nitrogens with one attached hydrogen (secondary N) is 5. The first-order valence-corrected chi connectivity index (χ1v) is 15.0. The van der Waals surface area contributed by atoms with Crippen LogP contribution in [0.25, 0.3) is 10.9 Å². The fourth-order valence-corrected chi connectivity index (χ4v) is 5.63. The number of ether oxygens (including phenoxy) is 1. The molecular weight excluding hydrogens is 546 g/mol. The first kappa shape index (κ1) is 31.6. The Balaban J connectivity index is 1.62. The summed E-state index contributed by atoms with van der Waals surface area (Å²) in [5.74, 6) is -1.66. The van der Waals surface area contributed by atoms with Crippen molar-refractivity contribution in [3.05, 3.63) is 71.4 Å². The highest BCUT2D eigenvalue weighted by molar-refractivity contribution is 5.98. The first-order valence-electron chi connectivity index (χ1n) is 15.0. The Labute approximate surface area is 252 Å². The SMILES string of the molecule is CC[C@H](C)[C@H](NC(=O)OCc1ccccc1)C(=O)N[C@]1(C(=O)N[C@H](C(=O)NC)C(C)C)CCc2[nH]c3ccccc3c2C1. The molecule has 3 aromatic rings. The number of alkyl carbamates (subject to hydrolysis) is 1. The van der Waals surface area contributed by atoms with Gasteiger partial charge < -0.3 is 31.0 Å². The smallest absolute Gasteiger partial charge is 0.408 e. The van der Waals surface area contributed by atoms with Gasteiger partial charge in [-0.05, 0) is 41.9 Å². The Morgan fingerprint density at radius 3 is 2.30 bits per heavy atom. The molecule has 0 saturated carbocycles. The number of hydrogen-bond donors (Lipinski definition) is 5. The molecule has 2 aromatic carbocycles. The second-order valence-electron chi connectivity index (χ2n) is 11.8. The van der Waals surface area contributed by atoms with E-state index in [4.69, 9.17) is 4.74 Å². The van der Waals surface area contributed by atoms with Crippen LogP contribution in [-0.4, -0.2) is 53.5 Å². The molecule has 43 heavy (non-hydrogen) atoms. The predicted octanol–water partition coefficient (Wildman–Crippen LogP) is 3.74. The maximum atomic E-state index is 14.2.